The molecule has 0 amide bonds. The highest BCUT2D eigenvalue weighted by Gasteiger charge is 2.17. The largest absolute Gasteiger partial charge is 0.254 e. The molecule has 0 unspecified atom stereocenters. The summed E-state index contributed by atoms with van der Waals surface area (Å²) in [6.45, 7) is 1.88. The van der Waals surface area contributed by atoms with Crippen molar-refractivity contribution in [3.63, 3.8) is 0 Å². The van der Waals surface area contributed by atoms with Gasteiger partial charge >= 0.3 is 0 Å². The van der Waals surface area contributed by atoms with Crippen molar-refractivity contribution < 1.29 is 0 Å². The standard InChI is InChI=1S/C17H11N7S/c1-10-19-20-15-12-7-3-2-6-11(12)14(23-24(10)15)17-22-21-16(25-17)13-8-4-5-9-18-13/h2-9H,1H3. The van der Waals surface area contributed by atoms with E-state index in [-0.39, 0.29) is 0 Å². The van der Waals surface area contributed by atoms with Crippen LogP contribution in [0.5, 0.6) is 0 Å². The van der Waals surface area contributed by atoms with Crippen LogP contribution in [0.25, 0.3) is 37.8 Å². The second kappa shape index (κ2) is 5.38. The average molecular weight is 345 g/mol. The van der Waals surface area contributed by atoms with E-state index in [9.17, 15) is 0 Å². The Morgan fingerprint density at radius 2 is 1.64 bits per heavy atom. The lowest BCUT2D eigenvalue weighted by atomic mass is 10.1. The first-order valence-electron chi connectivity index (χ1n) is 7.67. The van der Waals surface area contributed by atoms with Gasteiger partial charge in [0.15, 0.2) is 21.5 Å². The van der Waals surface area contributed by atoms with E-state index in [1.54, 1.807) is 10.7 Å². The summed E-state index contributed by atoms with van der Waals surface area (Å²) in [6.07, 6.45) is 1.75. The molecule has 5 aromatic rings. The first kappa shape index (κ1) is 14.1. The quantitative estimate of drug-likeness (QED) is 0.489. The lowest BCUT2D eigenvalue weighted by molar-refractivity contribution is 0.883. The summed E-state index contributed by atoms with van der Waals surface area (Å²) in [7, 11) is 0. The molecule has 120 valence electrons. The van der Waals surface area contributed by atoms with E-state index in [0.29, 0.717) is 0 Å². The first-order valence-corrected chi connectivity index (χ1v) is 8.49. The highest BCUT2D eigenvalue weighted by atomic mass is 32.1. The molecule has 0 bridgehead atoms. The molecule has 7 nitrogen and oxygen atoms in total. The predicted molar refractivity (Wildman–Crippen MR) is 95.2 cm³/mol. The van der Waals surface area contributed by atoms with Gasteiger partial charge in [-0.05, 0) is 19.1 Å². The number of pyridine rings is 1. The highest BCUT2D eigenvalue weighted by molar-refractivity contribution is 7.17. The SMILES string of the molecule is Cc1nnc2c3ccccc3c(-c3nnc(-c4ccccn4)s3)nn12. The highest BCUT2D eigenvalue weighted by Crippen LogP contribution is 2.33. The molecule has 4 aromatic heterocycles. The smallest absolute Gasteiger partial charge is 0.185 e. The predicted octanol–water partition coefficient (Wildman–Crippen LogP) is 3.17. The fourth-order valence-corrected chi connectivity index (χ4v) is 3.57. The minimum absolute atomic E-state index is 0.733. The Morgan fingerprint density at radius 1 is 0.840 bits per heavy atom. The van der Waals surface area contributed by atoms with E-state index >= 15 is 0 Å². The third-order valence-electron chi connectivity index (χ3n) is 3.93. The van der Waals surface area contributed by atoms with Crippen molar-refractivity contribution in [1.82, 2.24) is 35.0 Å². The van der Waals surface area contributed by atoms with Crippen LogP contribution in [0.1, 0.15) is 5.82 Å². The van der Waals surface area contributed by atoms with Crippen molar-refractivity contribution in [3.8, 4) is 21.4 Å². The number of nitrogens with zero attached hydrogens (tertiary/aromatic N) is 7. The van der Waals surface area contributed by atoms with Gasteiger partial charge in [0.2, 0.25) is 0 Å². The van der Waals surface area contributed by atoms with Gasteiger partial charge in [-0.3, -0.25) is 4.98 Å². The van der Waals surface area contributed by atoms with Crippen molar-refractivity contribution in [2.24, 2.45) is 0 Å². The van der Waals surface area contributed by atoms with Crippen LogP contribution in [0.2, 0.25) is 0 Å². The van der Waals surface area contributed by atoms with Crippen molar-refractivity contribution in [2.45, 2.75) is 6.92 Å². The van der Waals surface area contributed by atoms with E-state index in [1.807, 2.05) is 49.4 Å². The van der Waals surface area contributed by atoms with Gasteiger partial charge in [-0.2, -0.15) is 9.61 Å². The minimum Gasteiger partial charge on any atom is -0.254 e. The fourth-order valence-electron chi connectivity index (χ4n) is 2.75. The fraction of sp³-hybridized carbons (Fsp3) is 0.0588. The topological polar surface area (TPSA) is 81.8 Å². The molecular weight excluding hydrogens is 334 g/mol. The number of hydrogen-bond donors (Lipinski definition) is 0. The van der Waals surface area contributed by atoms with Crippen LogP contribution in [0.3, 0.4) is 0 Å². The average Bonchev–Trinajstić information content (AvgIpc) is 3.29. The Labute approximate surface area is 146 Å². The molecule has 8 heteroatoms. The molecule has 4 heterocycles. The maximum Gasteiger partial charge on any atom is 0.185 e. The molecule has 25 heavy (non-hydrogen) atoms. The summed E-state index contributed by atoms with van der Waals surface area (Å²) in [5.74, 6) is 0.733. The van der Waals surface area contributed by atoms with Crippen molar-refractivity contribution in [3.05, 3.63) is 54.5 Å². The van der Waals surface area contributed by atoms with E-state index in [0.717, 1.165) is 43.6 Å². The van der Waals surface area contributed by atoms with E-state index in [4.69, 9.17) is 5.10 Å². The zero-order chi connectivity index (χ0) is 16.8. The summed E-state index contributed by atoms with van der Waals surface area (Å²) in [5, 5.41) is 25.2. The Morgan fingerprint density at radius 3 is 2.48 bits per heavy atom. The van der Waals surface area contributed by atoms with Gasteiger partial charge in [0.05, 0.1) is 0 Å². The van der Waals surface area contributed by atoms with Crippen LogP contribution in [-0.4, -0.2) is 35.0 Å². The van der Waals surface area contributed by atoms with E-state index in [2.05, 4.69) is 25.4 Å². The maximum atomic E-state index is 4.72. The van der Waals surface area contributed by atoms with Gasteiger partial charge in [0.25, 0.3) is 0 Å². The second-order valence-electron chi connectivity index (χ2n) is 5.50. The second-order valence-corrected chi connectivity index (χ2v) is 6.48. The monoisotopic (exact) mass is 345 g/mol. The lowest BCUT2D eigenvalue weighted by Gasteiger charge is -2.04. The third-order valence-corrected chi connectivity index (χ3v) is 4.88. The summed E-state index contributed by atoms with van der Waals surface area (Å²) >= 11 is 1.47. The summed E-state index contributed by atoms with van der Waals surface area (Å²) in [5.41, 5.74) is 2.31. The van der Waals surface area contributed by atoms with Crippen LogP contribution >= 0.6 is 11.3 Å². The van der Waals surface area contributed by atoms with Crippen LogP contribution in [0, 0.1) is 6.92 Å². The van der Waals surface area contributed by atoms with Gasteiger partial charge < -0.3 is 0 Å². The normalized spacial score (nSPS) is 11.4. The van der Waals surface area contributed by atoms with Gasteiger partial charge in [-0.15, -0.1) is 20.4 Å². The molecule has 0 radical (unpaired) electrons. The van der Waals surface area contributed by atoms with E-state index < -0.39 is 0 Å². The molecule has 0 aliphatic rings. The first-order chi connectivity index (χ1) is 12.3. The van der Waals surface area contributed by atoms with Crippen LogP contribution in [-0.2, 0) is 0 Å². The Kier molecular flexibility index (Phi) is 3.04. The van der Waals surface area contributed by atoms with Crippen LogP contribution in [0.15, 0.2) is 48.7 Å². The molecule has 0 saturated heterocycles. The molecule has 5 rings (SSSR count). The van der Waals surface area contributed by atoms with Gasteiger partial charge in [0.1, 0.15) is 11.4 Å². The molecule has 0 saturated carbocycles. The zero-order valence-electron chi connectivity index (χ0n) is 13.2. The molecule has 0 atom stereocenters. The Bertz CT molecular complexity index is 1210. The summed E-state index contributed by atoms with van der Waals surface area (Å²) in [4.78, 5) is 4.34. The van der Waals surface area contributed by atoms with Crippen molar-refractivity contribution >= 4 is 27.8 Å². The number of rotatable bonds is 2. The summed E-state index contributed by atoms with van der Waals surface area (Å²) < 4.78 is 1.75. The van der Waals surface area contributed by atoms with Gasteiger partial charge in [-0.1, -0.05) is 41.7 Å². The Balaban J connectivity index is 1.77. The number of aryl methyl sites for hydroxylation is 1. The number of fused-ring (bicyclic) bond motifs is 3. The molecule has 0 fully saturated rings. The lowest BCUT2D eigenvalue weighted by Crippen LogP contribution is -1.98. The molecular formula is C17H11N7S. The molecule has 0 N–H and O–H groups in total. The molecule has 0 aliphatic heterocycles. The summed E-state index contributed by atoms with van der Waals surface area (Å²) in [6, 6.07) is 13.7. The molecule has 0 aliphatic carbocycles. The minimum atomic E-state index is 0.733. The Hall–Kier alpha value is -3.26. The van der Waals surface area contributed by atoms with Crippen molar-refractivity contribution in [2.75, 3.05) is 0 Å². The molecule has 0 spiro atoms. The van der Waals surface area contributed by atoms with Gasteiger partial charge in [-0.25, -0.2) is 0 Å². The number of hydrogen-bond acceptors (Lipinski definition) is 7. The van der Waals surface area contributed by atoms with Gasteiger partial charge in [0, 0.05) is 17.0 Å². The van der Waals surface area contributed by atoms with Crippen LogP contribution in [0.4, 0.5) is 0 Å². The maximum absolute atomic E-state index is 4.72. The number of aromatic nitrogens is 7. The zero-order valence-corrected chi connectivity index (χ0v) is 14.0. The number of benzene rings is 1. The van der Waals surface area contributed by atoms with Crippen LogP contribution < -0.4 is 0 Å². The third kappa shape index (κ3) is 2.18. The van der Waals surface area contributed by atoms with Crippen molar-refractivity contribution in [1.29, 1.82) is 0 Å². The molecule has 1 aromatic carbocycles. The van der Waals surface area contributed by atoms with E-state index in [1.165, 1.54) is 11.3 Å².